The van der Waals surface area contributed by atoms with Crippen LogP contribution in [0.1, 0.15) is 31.9 Å². The first kappa shape index (κ1) is 27.0. The third-order valence-corrected chi connectivity index (χ3v) is 6.94. The van der Waals surface area contributed by atoms with Crippen LogP contribution in [-0.4, -0.2) is 50.0 Å². The van der Waals surface area contributed by atoms with E-state index in [1.54, 1.807) is 50.2 Å². The van der Waals surface area contributed by atoms with Crippen molar-refractivity contribution < 1.29 is 18.0 Å². The third kappa shape index (κ3) is 7.35. The van der Waals surface area contributed by atoms with E-state index >= 15 is 0 Å². The minimum absolute atomic E-state index is 0.0391. The zero-order valence-electron chi connectivity index (χ0n) is 19.3. The molecular formula is C23H29Cl2N3O4S. The second kappa shape index (κ2) is 11.2. The molecule has 0 spiro atoms. The van der Waals surface area contributed by atoms with Gasteiger partial charge >= 0.3 is 0 Å². The summed E-state index contributed by atoms with van der Waals surface area (Å²) in [5, 5.41) is 3.61. The molecule has 2 rings (SSSR count). The van der Waals surface area contributed by atoms with Gasteiger partial charge in [0.2, 0.25) is 21.8 Å². The Morgan fingerprint density at radius 2 is 1.67 bits per heavy atom. The minimum atomic E-state index is -3.82. The van der Waals surface area contributed by atoms with Crippen molar-refractivity contribution in [3.8, 4) is 0 Å². The van der Waals surface area contributed by atoms with Gasteiger partial charge in [-0.05, 0) is 57.0 Å². The second-order valence-electron chi connectivity index (χ2n) is 8.16. The Balaban J connectivity index is 2.43. The summed E-state index contributed by atoms with van der Waals surface area (Å²) >= 11 is 12.5. The van der Waals surface area contributed by atoms with Gasteiger partial charge in [0.1, 0.15) is 12.6 Å². The molecule has 0 saturated carbocycles. The molecule has 0 saturated heterocycles. The number of sulfonamides is 1. The highest BCUT2D eigenvalue weighted by Gasteiger charge is 2.30. The number of rotatable bonds is 9. The van der Waals surface area contributed by atoms with Gasteiger partial charge in [-0.3, -0.25) is 13.9 Å². The molecule has 7 nitrogen and oxygen atoms in total. The second-order valence-corrected chi connectivity index (χ2v) is 10.9. The third-order valence-electron chi connectivity index (χ3n) is 5.02. The Morgan fingerprint density at radius 3 is 2.21 bits per heavy atom. The molecule has 0 radical (unpaired) electrons. The molecule has 2 aromatic rings. The number of carbonyl (C=O) groups is 2. The lowest BCUT2D eigenvalue weighted by atomic mass is 10.1. The van der Waals surface area contributed by atoms with Crippen LogP contribution in [-0.2, 0) is 26.2 Å². The van der Waals surface area contributed by atoms with Gasteiger partial charge in [0, 0.05) is 22.6 Å². The number of hydrogen-bond donors (Lipinski definition) is 1. The first-order valence-corrected chi connectivity index (χ1v) is 13.0. The van der Waals surface area contributed by atoms with Crippen LogP contribution in [0.15, 0.2) is 42.5 Å². The summed E-state index contributed by atoms with van der Waals surface area (Å²) in [6.45, 7) is 6.57. The Labute approximate surface area is 205 Å². The maximum Gasteiger partial charge on any atom is 0.244 e. The SMILES string of the molecule is Cc1ccc(N(CC(=O)N(Cc2ccccc2Cl)[C@H](C)C(=O)NC(C)C)S(C)(=O)=O)cc1Cl. The summed E-state index contributed by atoms with van der Waals surface area (Å²) < 4.78 is 26.1. The number of nitrogens with zero attached hydrogens (tertiary/aromatic N) is 2. The number of halogens is 2. The number of nitrogens with one attached hydrogen (secondary N) is 1. The van der Waals surface area contributed by atoms with E-state index < -0.39 is 28.5 Å². The average Bonchev–Trinajstić information content (AvgIpc) is 2.71. The Hall–Kier alpha value is -2.29. The van der Waals surface area contributed by atoms with Crippen LogP contribution in [0.25, 0.3) is 0 Å². The largest absolute Gasteiger partial charge is 0.352 e. The van der Waals surface area contributed by atoms with Crippen molar-refractivity contribution in [2.75, 3.05) is 17.1 Å². The van der Waals surface area contributed by atoms with Gasteiger partial charge in [-0.25, -0.2) is 8.42 Å². The molecule has 0 aromatic heterocycles. The molecule has 180 valence electrons. The van der Waals surface area contributed by atoms with Gasteiger partial charge in [0.05, 0.1) is 11.9 Å². The fraction of sp³-hybridized carbons (Fsp3) is 0.391. The van der Waals surface area contributed by atoms with E-state index in [1.807, 2.05) is 13.8 Å². The molecule has 0 bridgehead atoms. The van der Waals surface area contributed by atoms with Gasteiger partial charge in [-0.15, -0.1) is 0 Å². The highest BCUT2D eigenvalue weighted by molar-refractivity contribution is 7.92. The minimum Gasteiger partial charge on any atom is -0.352 e. The van der Waals surface area contributed by atoms with Crippen LogP contribution >= 0.6 is 23.2 Å². The summed E-state index contributed by atoms with van der Waals surface area (Å²) in [6, 6.07) is 10.8. The van der Waals surface area contributed by atoms with Crippen LogP contribution in [0, 0.1) is 6.92 Å². The smallest absolute Gasteiger partial charge is 0.244 e. The lowest BCUT2D eigenvalue weighted by molar-refractivity contribution is -0.139. The highest BCUT2D eigenvalue weighted by atomic mass is 35.5. The molecule has 2 aromatic carbocycles. The maximum absolute atomic E-state index is 13.4. The van der Waals surface area contributed by atoms with Crippen LogP contribution in [0.3, 0.4) is 0 Å². The highest BCUT2D eigenvalue weighted by Crippen LogP contribution is 2.26. The zero-order valence-corrected chi connectivity index (χ0v) is 21.6. The molecule has 0 aliphatic carbocycles. The lowest BCUT2D eigenvalue weighted by Gasteiger charge is -2.32. The topological polar surface area (TPSA) is 86.8 Å². The fourth-order valence-corrected chi connectivity index (χ4v) is 4.36. The number of anilines is 1. The zero-order chi connectivity index (χ0) is 24.9. The van der Waals surface area contributed by atoms with E-state index in [9.17, 15) is 18.0 Å². The number of amides is 2. The Bertz CT molecular complexity index is 1120. The molecule has 2 amide bonds. The molecule has 0 fully saturated rings. The van der Waals surface area contributed by atoms with Crippen LogP contribution in [0.4, 0.5) is 5.69 Å². The van der Waals surface area contributed by atoms with Crippen molar-refractivity contribution >= 4 is 50.7 Å². The van der Waals surface area contributed by atoms with Crippen molar-refractivity contribution in [1.29, 1.82) is 0 Å². The lowest BCUT2D eigenvalue weighted by Crippen LogP contribution is -2.52. The van der Waals surface area contributed by atoms with E-state index in [0.29, 0.717) is 15.6 Å². The average molecular weight is 514 g/mol. The van der Waals surface area contributed by atoms with Crippen molar-refractivity contribution in [3.63, 3.8) is 0 Å². The molecule has 0 unspecified atom stereocenters. The van der Waals surface area contributed by atoms with Crippen molar-refractivity contribution in [1.82, 2.24) is 10.2 Å². The van der Waals surface area contributed by atoms with Gasteiger partial charge in [-0.1, -0.05) is 47.5 Å². The molecule has 1 N–H and O–H groups in total. The monoisotopic (exact) mass is 513 g/mol. The van der Waals surface area contributed by atoms with Gasteiger partial charge in [-0.2, -0.15) is 0 Å². The first-order valence-electron chi connectivity index (χ1n) is 10.4. The van der Waals surface area contributed by atoms with E-state index in [1.165, 1.54) is 11.0 Å². The Morgan fingerprint density at radius 1 is 1.03 bits per heavy atom. The number of aryl methyl sites for hydroxylation is 1. The van der Waals surface area contributed by atoms with Crippen molar-refractivity contribution in [3.05, 3.63) is 63.6 Å². The molecule has 10 heteroatoms. The number of benzene rings is 2. The predicted molar refractivity (Wildman–Crippen MR) is 133 cm³/mol. The first-order chi connectivity index (χ1) is 15.3. The maximum atomic E-state index is 13.4. The Kier molecular flexibility index (Phi) is 9.17. The summed E-state index contributed by atoms with van der Waals surface area (Å²) in [5.74, 6) is -0.905. The molecule has 0 aliphatic heterocycles. The van der Waals surface area contributed by atoms with Crippen LogP contribution < -0.4 is 9.62 Å². The fourth-order valence-electron chi connectivity index (χ4n) is 3.15. The summed E-state index contributed by atoms with van der Waals surface area (Å²) in [5.41, 5.74) is 1.68. The number of carbonyl (C=O) groups excluding carboxylic acids is 2. The van der Waals surface area contributed by atoms with Crippen LogP contribution in [0.5, 0.6) is 0 Å². The van der Waals surface area contributed by atoms with Gasteiger partial charge in [0.15, 0.2) is 0 Å². The van der Waals surface area contributed by atoms with E-state index in [2.05, 4.69) is 5.32 Å². The number of hydrogen-bond acceptors (Lipinski definition) is 4. The van der Waals surface area contributed by atoms with E-state index in [0.717, 1.165) is 16.1 Å². The summed E-state index contributed by atoms with van der Waals surface area (Å²) in [7, 11) is -3.82. The molecular weight excluding hydrogens is 485 g/mol. The van der Waals surface area contributed by atoms with Crippen LogP contribution in [0.2, 0.25) is 10.0 Å². The predicted octanol–water partition coefficient (Wildman–Crippen LogP) is 4.01. The molecule has 0 heterocycles. The standard InChI is InChI=1S/C23H29Cl2N3O4S/c1-15(2)26-23(30)17(4)27(13-18-8-6-7-9-20(18)24)22(29)14-28(33(5,31)32)19-11-10-16(3)21(25)12-19/h6-12,15,17H,13-14H2,1-5H3,(H,26,30)/t17-/m1/s1. The van der Waals surface area contributed by atoms with Crippen molar-refractivity contribution in [2.24, 2.45) is 0 Å². The summed E-state index contributed by atoms with van der Waals surface area (Å²) in [6.07, 6.45) is 1.02. The van der Waals surface area contributed by atoms with Gasteiger partial charge < -0.3 is 10.2 Å². The van der Waals surface area contributed by atoms with Gasteiger partial charge in [0.25, 0.3) is 0 Å². The van der Waals surface area contributed by atoms with E-state index in [4.69, 9.17) is 23.2 Å². The van der Waals surface area contributed by atoms with E-state index in [-0.39, 0.29) is 24.2 Å². The molecule has 33 heavy (non-hydrogen) atoms. The summed E-state index contributed by atoms with van der Waals surface area (Å²) in [4.78, 5) is 27.5. The molecule has 1 atom stereocenters. The molecule has 0 aliphatic rings. The normalized spacial score (nSPS) is 12.4. The van der Waals surface area contributed by atoms with Crippen molar-refractivity contribution in [2.45, 2.75) is 46.3 Å². The quantitative estimate of drug-likeness (QED) is 0.548.